The Bertz CT molecular complexity index is 1060. The van der Waals surface area contributed by atoms with Crippen molar-refractivity contribution in [3.8, 4) is 11.3 Å². The molecule has 0 saturated heterocycles. The summed E-state index contributed by atoms with van der Waals surface area (Å²) in [5.41, 5.74) is 3.32. The molecule has 0 unspecified atom stereocenters. The molecule has 0 atom stereocenters. The minimum atomic E-state index is -0.966. The maximum atomic E-state index is 10.9. The minimum Gasteiger partial charge on any atom is -0.478 e. The van der Waals surface area contributed by atoms with Crippen molar-refractivity contribution >= 4 is 23.1 Å². The van der Waals surface area contributed by atoms with E-state index in [-0.39, 0.29) is 5.56 Å². The van der Waals surface area contributed by atoms with Gasteiger partial charge in [-0.15, -0.1) is 0 Å². The largest absolute Gasteiger partial charge is 0.478 e. The van der Waals surface area contributed by atoms with Crippen LogP contribution in [-0.4, -0.2) is 35.9 Å². The third kappa shape index (κ3) is 2.88. The molecular weight excluding hydrogens is 320 g/mol. The lowest BCUT2D eigenvalue weighted by Gasteiger charge is -2.06. The molecule has 1 aromatic carbocycles. The lowest BCUT2D eigenvalue weighted by molar-refractivity contribution is 0.0697. The molecule has 8 nitrogen and oxygen atoms in total. The Morgan fingerprint density at radius 2 is 1.88 bits per heavy atom. The number of benzene rings is 1. The second kappa shape index (κ2) is 6.00. The third-order valence-electron chi connectivity index (χ3n) is 3.62. The molecule has 0 fully saturated rings. The number of hydrogen-bond acceptors (Lipinski definition) is 6. The van der Waals surface area contributed by atoms with Gasteiger partial charge in [-0.25, -0.2) is 14.8 Å². The lowest BCUT2D eigenvalue weighted by atomic mass is 10.2. The second-order valence-electron chi connectivity index (χ2n) is 5.23. The Morgan fingerprint density at radius 3 is 2.68 bits per heavy atom. The Morgan fingerprint density at radius 1 is 1.04 bits per heavy atom. The van der Waals surface area contributed by atoms with Crippen molar-refractivity contribution in [2.75, 3.05) is 5.32 Å². The van der Waals surface area contributed by atoms with Gasteiger partial charge in [-0.3, -0.25) is 0 Å². The Kier molecular flexibility index (Phi) is 3.55. The van der Waals surface area contributed by atoms with E-state index in [0.717, 1.165) is 11.1 Å². The van der Waals surface area contributed by atoms with E-state index in [1.165, 1.54) is 16.8 Å². The van der Waals surface area contributed by atoms with Crippen LogP contribution in [0.4, 0.5) is 11.6 Å². The molecule has 25 heavy (non-hydrogen) atoms. The lowest BCUT2D eigenvalue weighted by Crippen LogP contribution is -1.99. The van der Waals surface area contributed by atoms with Gasteiger partial charge in [0.25, 0.3) is 0 Å². The maximum Gasteiger partial charge on any atom is 0.335 e. The summed E-state index contributed by atoms with van der Waals surface area (Å²) in [6.45, 7) is 0. The first-order valence-electron chi connectivity index (χ1n) is 7.43. The summed E-state index contributed by atoms with van der Waals surface area (Å²) in [6.07, 6.45) is 5.02. The molecular formula is C17H12N6O2. The quantitative estimate of drug-likeness (QED) is 0.592. The van der Waals surface area contributed by atoms with Gasteiger partial charge >= 0.3 is 5.97 Å². The maximum absolute atomic E-state index is 10.9. The standard InChI is InChI=1S/C17H12N6O2/c24-16(25)11-3-5-12(6-4-11)21-17-18-9-7-14(22-17)13-10-20-23-15(13)2-1-8-19-23/h1-10H,(H,24,25)(H,18,21,22). The summed E-state index contributed by atoms with van der Waals surface area (Å²) < 4.78 is 1.54. The molecule has 0 radical (unpaired) electrons. The first-order chi connectivity index (χ1) is 12.2. The first kappa shape index (κ1) is 14.8. The van der Waals surface area contributed by atoms with Gasteiger partial charge in [0.1, 0.15) is 0 Å². The monoisotopic (exact) mass is 332 g/mol. The highest BCUT2D eigenvalue weighted by atomic mass is 16.4. The number of aromatic nitrogens is 5. The number of nitrogens with zero attached hydrogens (tertiary/aromatic N) is 5. The van der Waals surface area contributed by atoms with Crippen LogP contribution in [0.15, 0.2) is 61.1 Å². The van der Waals surface area contributed by atoms with Crippen molar-refractivity contribution < 1.29 is 9.90 Å². The zero-order valence-electron chi connectivity index (χ0n) is 12.9. The summed E-state index contributed by atoms with van der Waals surface area (Å²) in [4.78, 5) is 19.6. The van der Waals surface area contributed by atoms with Crippen LogP contribution in [0.5, 0.6) is 0 Å². The third-order valence-corrected chi connectivity index (χ3v) is 3.62. The first-order valence-corrected chi connectivity index (χ1v) is 7.43. The average Bonchev–Trinajstić information content (AvgIpc) is 3.06. The molecule has 122 valence electrons. The summed E-state index contributed by atoms with van der Waals surface area (Å²) in [5, 5.41) is 20.3. The van der Waals surface area contributed by atoms with E-state index in [9.17, 15) is 4.79 Å². The van der Waals surface area contributed by atoms with Gasteiger partial charge in [-0.2, -0.15) is 14.8 Å². The molecule has 0 spiro atoms. The van der Waals surface area contributed by atoms with Crippen LogP contribution in [0.3, 0.4) is 0 Å². The SMILES string of the molecule is O=C(O)c1ccc(Nc2nccc(-c3cnn4ncccc34)n2)cc1. The number of carboxylic acids is 1. The Balaban J connectivity index is 1.64. The summed E-state index contributed by atoms with van der Waals surface area (Å²) >= 11 is 0. The van der Waals surface area contributed by atoms with Crippen molar-refractivity contribution in [1.29, 1.82) is 0 Å². The minimum absolute atomic E-state index is 0.221. The van der Waals surface area contributed by atoms with E-state index in [1.807, 2.05) is 12.1 Å². The number of fused-ring (bicyclic) bond motifs is 1. The van der Waals surface area contributed by atoms with E-state index in [0.29, 0.717) is 17.3 Å². The number of rotatable bonds is 4. The van der Waals surface area contributed by atoms with Gasteiger partial charge in [0.2, 0.25) is 5.95 Å². The topological polar surface area (TPSA) is 105 Å². The van der Waals surface area contributed by atoms with Crippen LogP contribution in [0, 0.1) is 0 Å². The van der Waals surface area contributed by atoms with E-state index in [2.05, 4.69) is 25.5 Å². The van der Waals surface area contributed by atoms with Crippen LogP contribution in [0.25, 0.3) is 16.8 Å². The van der Waals surface area contributed by atoms with Crippen molar-refractivity contribution in [3.63, 3.8) is 0 Å². The van der Waals surface area contributed by atoms with Crippen LogP contribution in [0.1, 0.15) is 10.4 Å². The Hall–Kier alpha value is -3.81. The smallest absolute Gasteiger partial charge is 0.335 e. The van der Waals surface area contributed by atoms with E-state index in [1.54, 1.807) is 36.8 Å². The fraction of sp³-hybridized carbons (Fsp3) is 0. The van der Waals surface area contributed by atoms with Crippen LogP contribution in [0.2, 0.25) is 0 Å². The van der Waals surface area contributed by atoms with E-state index >= 15 is 0 Å². The number of anilines is 2. The van der Waals surface area contributed by atoms with Crippen molar-refractivity contribution in [2.45, 2.75) is 0 Å². The molecule has 0 aliphatic rings. The zero-order valence-corrected chi connectivity index (χ0v) is 12.9. The fourth-order valence-electron chi connectivity index (χ4n) is 2.42. The normalized spacial score (nSPS) is 10.7. The van der Waals surface area contributed by atoms with Crippen LogP contribution < -0.4 is 5.32 Å². The number of hydrogen-bond donors (Lipinski definition) is 2. The zero-order chi connectivity index (χ0) is 17.2. The molecule has 0 aliphatic heterocycles. The number of carboxylic acid groups (broad SMARTS) is 1. The number of nitrogens with one attached hydrogen (secondary N) is 1. The summed E-state index contributed by atoms with van der Waals surface area (Å²) in [5.74, 6) is -0.560. The number of aromatic carboxylic acids is 1. The molecule has 0 amide bonds. The molecule has 4 aromatic rings. The van der Waals surface area contributed by atoms with Gasteiger partial charge in [0.15, 0.2) is 0 Å². The average molecular weight is 332 g/mol. The summed E-state index contributed by atoms with van der Waals surface area (Å²) in [7, 11) is 0. The van der Waals surface area contributed by atoms with Gasteiger partial charge in [-0.05, 0) is 42.5 Å². The van der Waals surface area contributed by atoms with Crippen molar-refractivity contribution in [1.82, 2.24) is 24.8 Å². The number of carbonyl (C=O) groups is 1. The van der Waals surface area contributed by atoms with Gasteiger partial charge in [-0.1, -0.05) is 0 Å². The van der Waals surface area contributed by atoms with Gasteiger partial charge in [0, 0.05) is 23.6 Å². The second-order valence-corrected chi connectivity index (χ2v) is 5.23. The van der Waals surface area contributed by atoms with Gasteiger partial charge < -0.3 is 10.4 Å². The highest BCUT2D eigenvalue weighted by Gasteiger charge is 2.10. The molecule has 4 rings (SSSR count). The predicted octanol–water partition coefficient (Wildman–Crippen LogP) is 2.63. The highest BCUT2D eigenvalue weighted by molar-refractivity contribution is 5.88. The van der Waals surface area contributed by atoms with Crippen molar-refractivity contribution in [3.05, 3.63) is 66.6 Å². The predicted molar refractivity (Wildman–Crippen MR) is 90.7 cm³/mol. The molecule has 3 heterocycles. The van der Waals surface area contributed by atoms with Crippen LogP contribution >= 0.6 is 0 Å². The molecule has 0 aliphatic carbocycles. The molecule has 2 N–H and O–H groups in total. The fourth-order valence-corrected chi connectivity index (χ4v) is 2.42. The van der Waals surface area contributed by atoms with E-state index < -0.39 is 5.97 Å². The molecule has 8 heteroatoms. The van der Waals surface area contributed by atoms with Crippen molar-refractivity contribution in [2.24, 2.45) is 0 Å². The van der Waals surface area contributed by atoms with Crippen LogP contribution in [-0.2, 0) is 0 Å². The summed E-state index contributed by atoms with van der Waals surface area (Å²) in [6, 6.07) is 11.9. The molecule has 0 saturated carbocycles. The molecule has 0 bridgehead atoms. The van der Waals surface area contributed by atoms with Gasteiger partial charge in [0.05, 0.1) is 23.0 Å². The Labute approximate surface area is 141 Å². The molecule has 3 aromatic heterocycles. The highest BCUT2D eigenvalue weighted by Crippen LogP contribution is 2.23. The van der Waals surface area contributed by atoms with E-state index in [4.69, 9.17) is 5.11 Å².